The summed E-state index contributed by atoms with van der Waals surface area (Å²) in [5, 5.41) is 3.50. The topological polar surface area (TPSA) is 28.2 Å². The van der Waals surface area contributed by atoms with Crippen molar-refractivity contribution in [1.82, 2.24) is 10.3 Å². The molecule has 1 aliphatic heterocycles. The number of hydrogen-bond acceptors (Lipinski definition) is 3. The summed E-state index contributed by atoms with van der Waals surface area (Å²) in [5.41, 5.74) is 1.72. The Morgan fingerprint density at radius 2 is 2.21 bits per heavy atom. The fourth-order valence-corrected chi connectivity index (χ4v) is 2.77. The van der Waals surface area contributed by atoms with Gasteiger partial charge in [-0.2, -0.15) is 0 Å². The number of pyridine rings is 1. The van der Waals surface area contributed by atoms with Crippen LogP contribution in [-0.4, -0.2) is 24.1 Å². The van der Waals surface area contributed by atoms with Crippen molar-refractivity contribution in [2.75, 3.05) is 18.0 Å². The van der Waals surface area contributed by atoms with Gasteiger partial charge in [0.25, 0.3) is 0 Å². The van der Waals surface area contributed by atoms with Crippen molar-refractivity contribution in [2.24, 2.45) is 5.41 Å². The van der Waals surface area contributed by atoms with Crippen molar-refractivity contribution in [3.63, 3.8) is 0 Å². The lowest BCUT2D eigenvalue weighted by Gasteiger charge is -2.39. The van der Waals surface area contributed by atoms with E-state index in [9.17, 15) is 0 Å². The second kappa shape index (κ2) is 5.91. The molecule has 0 bridgehead atoms. The number of piperidine rings is 1. The Bertz CT molecular complexity index is 412. The summed E-state index contributed by atoms with van der Waals surface area (Å²) in [7, 11) is 0. The molecule has 3 nitrogen and oxygen atoms in total. The normalized spacial score (nSPS) is 18.9. The largest absolute Gasteiger partial charge is 0.356 e. The molecule has 1 saturated heterocycles. The maximum atomic E-state index is 4.63. The lowest BCUT2D eigenvalue weighted by atomic mass is 9.84. The van der Waals surface area contributed by atoms with Crippen molar-refractivity contribution in [1.29, 1.82) is 0 Å². The third kappa shape index (κ3) is 3.93. The molecule has 0 amide bonds. The number of nitrogens with one attached hydrogen (secondary N) is 1. The Balaban J connectivity index is 2.14. The van der Waals surface area contributed by atoms with E-state index in [0.29, 0.717) is 11.5 Å². The fourth-order valence-electron chi connectivity index (χ4n) is 2.77. The SMILES string of the molecule is CC(C)NCc1cccnc1N1CCCC(C)(C)C1. The Labute approximate surface area is 117 Å². The predicted octanol–water partition coefficient (Wildman–Crippen LogP) is 3.21. The first kappa shape index (κ1) is 14.3. The minimum Gasteiger partial charge on any atom is -0.356 e. The number of aromatic nitrogens is 1. The highest BCUT2D eigenvalue weighted by molar-refractivity contribution is 5.47. The molecule has 3 heteroatoms. The highest BCUT2D eigenvalue weighted by Crippen LogP contribution is 2.31. The van der Waals surface area contributed by atoms with Gasteiger partial charge >= 0.3 is 0 Å². The summed E-state index contributed by atoms with van der Waals surface area (Å²) in [6.45, 7) is 12.2. The Morgan fingerprint density at radius 1 is 1.42 bits per heavy atom. The van der Waals surface area contributed by atoms with E-state index in [1.165, 1.54) is 24.2 Å². The molecule has 0 unspecified atom stereocenters. The molecular weight excluding hydrogens is 234 g/mol. The first-order chi connectivity index (χ1) is 8.98. The van der Waals surface area contributed by atoms with Gasteiger partial charge in [-0.15, -0.1) is 0 Å². The Kier molecular flexibility index (Phi) is 4.46. The van der Waals surface area contributed by atoms with E-state index >= 15 is 0 Å². The van der Waals surface area contributed by atoms with Crippen LogP contribution in [0.4, 0.5) is 5.82 Å². The van der Waals surface area contributed by atoms with Gasteiger partial charge in [-0.3, -0.25) is 0 Å². The number of anilines is 1. The molecule has 0 saturated carbocycles. The molecule has 1 fully saturated rings. The predicted molar refractivity (Wildman–Crippen MR) is 81.4 cm³/mol. The maximum Gasteiger partial charge on any atom is 0.133 e. The molecule has 1 N–H and O–H groups in total. The highest BCUT2D eigenvalue weighted by atomic mass is 15.2. The van der Waals surface area contributed by atoms with Crippen LogP contribution in [0.5, 0.6) is 0 Å². The third-order valence-electron chi connectivity index (χ3n) is 3.77. The van der Waals surface area contributed by atoms with Gasteiger partial charge in [0.2, 0.25) is 0 Å². The van der Waals surface area contributed by atoms with Gasteiger partial charge in [0, 0.05) is 37.4 Å². The van der Waals surface area contributed by atoms with Crippen LogP contribution in [0.25, 0.3) is 0 Å². The Morgan fingerprint density at radius 3 is 2.89 bits per heavy atom. The smallest absolute Gasteiger partial charge is 0.133 e. The van der Waals surface area contributed by atoms with Crippen LogP contribution in [-0.2, 0) is 6.54 Å². The molecule has 0 aromatic carbocycles. The van der Waals surface area contributed by atoms with Gasteiger partial charge in [-0.1, -0.05) is 33.8 Å². The van der Waals surface area contributed by atoms with E-state index in [-0.39, 0.29) is 0 Å². The molecule has 0 aliphatic carbocycles. The van der Waals surface area contributed by atoms with Crippen LogP contribution in [0.3, 0.4) is 0 Å². The molecule has 1 aromatic heterocycles. The summed E-state index contributed by atoms with van der Waals surface area (Å²) in [6.07, 6.45) is 4.49. The lowest BCUT2D eigenvalue weighted by Crippen LogP contribution is -2.41. The fraction of sp³-hybridized carbons (Fsp3) is 0.688. The molecule has 19 heavy (non-hydrogen) atoms. The van der Waals surface area contributed by atoms with E-state index in [1.807, 2.05) is 12.3 Å². The molecule has 0 atom stereocenters. The summed E-state index contributed by atoms with van der Waals surface area (Å²) >= 11 is 0. The van der Waals surface area contributed by atoms with Crippen LogP contribution in [0.15, 0.2) is 18.3 Å². The maximum absolute atomic E-state index is 4.63. The minimum absolute atomic E-state index is 0.401. The quantitative estimate of drug-likeness (QED) is 0.902. The van der Waals surface area contributed by atoms with Crippen molar-refractivity contribution in [3.05, 3.63) is 23.9 Å². The first-order valence-corrected chi connectivity index (χ1v) is 7.40. The molecule has 2 rings (SSSR count). The zero-order chi connectivity index (χ0) is 13.9. The average Bonchev–Trinajstić information content (AvgIpc) is 2.35. The number of nitrogens with zero attached hydrogens (tertiary/aromatic N) is 2. The van der Waals surface area contributed by atoms with Crippen LogP contribution in [0.2, 0.25) is 0 Å². The van der Waals surface area contributed by atoms with Crippen molar-refractivity contribution >= 4 is 5.82 Å². The van der Waals surface area contributed by atoms with Crippen molar-refractivity contribution in [2.45, 2.75) is 53.1 Å². The molecule has 0 spiro atoms. The van der Waals surface area contributed by atoms with Crippen molar-refractivity contribution < 1.29 is 0 Å². The van der Waals surface area contributed by atoms with Gasteiger partial charge < -0.3 is 10.2 Å². The summed E-state index contributed by atoms with van der Waals surface area (Å²) in [5.74, 6) is 1.17. The van der Waals surface area contributed by atoms with E-state index in [1.54, 1.807) is 0 Å². The monoisotopic (exact) mass is 261 g/mol. The highest BCUT2D eigenvalue weighted by Gasteiger charge is 2.27. The molecule has 2 heterocycles. The summed E-state index contributed by atoms with van der Waals surface area (Å²) in [4.78, 5) is 7.09. The molecular formula is C16H27N3. The zero-order valence-corrected chi connectivity index (χ0v) is 12.7. The second-order valence-corrected chi connectivity index (χ2v) is 6.71. The first-order valence-electron chi connectivity index (χ1n) is 7.40. The van der Waals surface area contributed by atoms with E-state index < -0.39 is 0 Å². The van der Waals surface area contributed by atoms with Crippen LogP contribution in [0.1, 0.15) is 46.1 Å². The zero-order valence-electron chi connectivity index (χ0n) is 12.7. The number of hydrogen-bond donors (Lipinski definition) is 1. The Hall–Kier alpha value is -1.09. The van der Waals surface area contributed by atoms with Gasteiger partial charge in [-0.25, -0.2) is 4.98 Å². The lowest BCUT2D eigenvalue weighted by molar-refractivity contribution is 0.291. The summed E-state index contributed by atoms with van der Waals surface area (Å²) in [6, 6.07) is 4.74. The second-order valence-electron chi connectivity index (χ2n) is 6.71. The van der Waals surface area contributed by atoms with Crippen molar-refractivity contribution in [3.8, 4) is 0 Å². The summed E-state index contributed by atoms with van der Waals surface area (Å²) < 4.78 is 0. The van der Waals surface area contributed by atoms with Crippen LogP contribution < -0.4 is 10.2 Å². The standard InChI is InChI=1S/C16H27N3/c1-13(2)18-11-14-7-5-9-17-15(14)19-10-6-8-16(3,4)12-19/h5,7,9,13,18H,6,8,10-12H2,1-4H3. The van der Waals surface area contributed by atoms with Crippen LogP contribution >= 0.6 is 0 Å². The molecule has 0 radical (unpaired) electrons. The number of rotatable bonds is 4. The van der Waals surface area contributed by atoms with Crippen LogP contribution in [0, 0.1) is 5.41 Å². The molecule has 106 valence electrons. The average molecular weight is 261 g/mol. The van der Waals surface area contributed by atoms with Gasteiger partial charge in [0.1, 0.15) is 5.82 Å². The minimum atomic E-state index is 0.401. The van der Waals surface area contributed by atoms with E-state index in [2.05, 4.69) is 49.0 Å². The molecule has 1 aromatic rings. The van der Waals surface area contributed by atoms with E-state index in [0.717, 1.165) is 19.6 Å². The van der Waals surface area contributed by atoms with Gasteiger partial charge in [0.15, 0.2) is 0 Å². The molecule has 1 aliphatic rings. The van der Waals surface area contributed by atoms with E-state index in [4.69, 9.17) is 0 Å². The van der Waals surface area contributed by atoms with Gasteiger partial charge in [0.05, 0.1) is 0 Å². The van der Waals surface area contributed by atoms with Gasteiger partial charge in [-0.05, 0) is 24.3 Å². The third-order valence-corrected chi connectivity index (χ3v) is 3.77.